The number of carbonyl (C=O) groups excluding carboxylic acids is 1. The highest BCUT2D eigenvalue weighted by atomic mass is 19.4. The Labute approximate surface area is 165 Å². The number of halogens is 3. The number of carbonyl (C=O) groups is 1. The first kappa shape index (κ1) is 19.4. The van der Waals surface area contributed by atoms with Crippen molar-refractivity contribution in [3.05, 3.63) is 53.6 Å². The predicted octanol–water partition coefficient (Wildman–Crippen LogP) is 3.27. The summed E-state index contributed by atoms with van der Waals surface area (Å²) in [6.07, 6.45) is -4.75. The van der Waals surface area contributed by atoms with Gasteiger partial charge in [0.25, 0.3) is 5.91 Å². The molecule has 0 bridgehead atoms. The zero-order chi connectivity index (χ0) is 20.4. The quantitative estimate of drug-likeness (QED) is 0.777. The van der Waals surface area contributed by atoms with Crippen LogP contribution in [0.2, 0.25) is 0 Å². The number of amides is 1. The Morgan fingerprint density at radius 3 is 2.34 bits per heavy atom. The molecule has 0 unspecified atom stereocenters. The SMILES string of the molecule is O=C(c1ccc(OC(F)(F)F)cc1)N1CCN(Cc2ccc3c(c2)OCO3)CC1. The molecule has 6 nitrogen and oxygen atoms in total. The minimum atomic E-state index is -4.75. The first-order valence-corrected chi connectivity index (χ1v) is 9.13. The van der Waals surface area contributed by atoms with Crippen molar-refractivity contribution in [1.82, 2.24) is 9.80 Å². The molecule has 0 radical (unpaired) electrons. The summed E-state index contributed by atoms with van der Waals surface area (Å²) < 4.78 is 51.2. The van der Waals surface area contributed by atoms with Gasteiger partial charge in [0, 0.05) is 38.3 Å². The lowest BCUT2D eigenvalue weighted by Crippen LogP contribution is -2.48. The van der Waals surface area contributed by atoms with Crippen LogP contribution in [-0.2, 0) is 6.54 Å². The number of piperazine rings is 1. The van der Waals surface area contributed by atoms with Crippen LogP contribution in [0.15, 0.2) is 42.5 Å². The Bertz CT molecular complexity index is 878. The lowest BCUT2D eigenvalue weighted by atomic mass is 10.1. The highest BCUT2D eigenvalue weighted by molar-refractivity contribution is 5.94. The Balaban J connectivity index is 1.30. The molecule has 2 aromatic rings. The molecule has 0 spiro atoms. The van der Waals surface area contributed by atoms with Gasteiger partial charge >= 0.3 is 6.36 Å². The van der Waals surface area contributed by atoms with Crippen LogP contribution in [0.4, 0.5) is 13.2 Å². The largest absolute Gasteiger partial charge is 0.573 e. The van der Waals surface area contributed by atoms with Crippen molar-refractivity contribution in [2.45, 2.75) is 12.9 Å². The zero-order valence-corrected chi connectivity index (χ0v) is 15.4. The summed E-state index contributed by atoms with van der Waals surface area (Å²) in [5.41, 5.74) is 1.44. The summed E-state index contributed by atoms with van der Waals surface area (Å²) in [6.45, 7) is 3.48. The fourth-order valence-corrected chi connectivity index (χ4v) is 3.39. The number of alkyl halides is 3. The fourth-order valence-electron chi connectivity index (χ4n) is 3.39. The molecule has 2 aromatic carbocycles. The van der Waals surface area contributed by atoms with Crippen molar-refractivity contribution < 1.29 is 32.2 Å². The number of hydrogen-bond donors (Lipinski definition) is 0. The van der Waals surface area contributed by atoms with E-state index in [-0.39, 0.29) is 18.4 Å². The third kappa shape index (κ3) is 4.73. The smallest absolute Gasteiger partial charge is 0.454 e. The molecule has 1 saturated heterocycles. The van der Waals surface area contributed by atoms with Gasteiger partial charge in [-0.2, -0.15) is 0 Å². The number of hydrogen-bond acceptors (Lipinski definition) is 5. The maximum Gasteiger partial charge on any atom is 0.573 e. The van der Waals surface area contributed by atoms with Crippen LogP contribution in [0.25, 0.3) is 0 Å². The van der Waals surface area contributed by atoms with Crippen LogP contribution >= 0.6 is 0 Å². The molecule has 154 valence electrons. The molecule has 1 fully saturated rings. The molecule has 0 aromatic heterocycles. The van der Waals surface area contributed by atoms with Crippen LogP contribution in [0.1, 0.15) is 15.9 Å². The van der Waals surface area contributed by atoms with E-state index >= 15 is 0 Å². The number of fused-ring (bicyclic) bond motifs is 1. The number of nitrogens with zero attached hydrogens (tertiary/aromatic N) is 2. The maximum absolute atomic E-state index is 12.6. The van der Waals surface area contributed by atoms with E-state index < -0.39 is 6.36 Å². The minimum Gasteiger partial charge on any atom is -0.454 e. The molecule has 0 aliphatic carbocycles. The van der Waals surface area contributed by atoms with Gasteiger partial charge in [0.15, 0.2) is 11.5 Å². The van der Waals surface area contributed by atoms with E-state index in [4.69, 9.17) is 9.47 Å². The Morgan fingerprint density at radius 2 is 1.66 bits per heavy atom. The minimum absolute atomic E-state index is 0.203. The van der Waals surface area contributed by atoms with Crippen molar-refractivity contribution in [3.63, 3.8) is 0 Å². The summed E-state index contributed by atoms with van der Waals surface area (Å²) in [7, 11) is 0. The molecule has 0 N–H and O–H groups in total. The second-order valence-corrected chi connectivity index (χ2v) is 6.83. The molecule has 29 heavy (non-hydrogen) atoms. The van der Waals surface area contributed by atoms with Crippen LogP contribution in [0.5, 0.6) is 17.2 Å². The summed E-state index contributed by atoms with van der Waals surface area (Å²) in [5, 5.41) is 0. The van der Waals surface area contributed by atoms with Crippen molar-refractivity contribution in [2.75, 3.05) is 33.0 Å². The molecule has 4 rings (SSSR count). The summed E-state index contributed by atoms with van der Waals surface area (Å²) >= 11 is 0. The maximum atomic E-state index is 12.6. The van der Waals surface area contributed by atoms with Crippen molar-refractivity contribution in [1.29, 1.82) is 0 Å². The molecule has 0 saturated carbocycles. The monoisotopic (exact) mass is 408 g/mol. The summed E-state index contributed by atoms with van der Waals surface area (Å²) in [5.74, 6) is 0.943. The van der Waals surface area contributed by atoms with Crippen LogP contribution in [-0.4, -0.2) is 55.0 Å². The van der Waals surface area contributed by atoms with Crippen LogP contribution in [0.3, 0.4) is 0 Å². The van der Waals surface area contributed by atoms with Gasteiger partial charge in [0.05, 0.1) is 0 Å². The summed E-state index contributed by atoms with van der Waals surface area (Å²) in [4.78, 5) is 16.5. The molecular weight excluding hydrogens is 389 g/mol. The lowest BCUT2D eigenvalue weighted by Gasteiger charge is -2.34. The average Bonchev–Trinajstić information content (AvgIpc) is 3.15. The van der Waals surface area contributed by atoms with E-state index in [2.05, 4.69) is 9.64 Å². The predicted molar refractivity (Wildman–Crippen MR) is 96.9 cm³/mol. The van der Waals surface area contributed by atoms with Gasteiger partial charge in [0.2, 0.25) is 6.79 Å². The van der Waals surface area contributed by atoms with E-state index in [1.54, 1.807) is 4.90 Å². The molecule has 2 aliphatic rings. The third-order valence-corrected chi connectivity index (χ3v) is 4.84. The standard InChI is InChI=1S/C20H19F3N2O4/c21-20(22,23)29-16-4-2-15(3-5-16)19(26)25-9-7-24(8-10-25)12-14-1-6-17-18(11-14)28-13-27-17/h1-6,11H,7-10,12-13H2. The molecule has 1 amide bonds. The van der Waals surface area contributed by atoms with E-state index in [0.29, 0.717) is 31.7 Å². The van der Waals surface area contributed by atoms with Crippen molar-refractivity contribution in [3.8, 4) is 17.2 Å². The molecule has 2 heterocycles. The van der Waals surface area contributed by atoms with Gasteiger partial charge in [0.1, 0.15) is 5.75 Å². The lowest BCUT2D eigenvalue weighted by molar-refractivity contribution is -0.274. The molecular formula is C20H19F3N2O4. The van der Waals surface area contributed by atoms with Gasteiger partial charge in [-0.3, -0.25) is 9.69 Å². The second-order valence-electron chi connectivity index (χ2n) is 6.83. The van der Waals surface area contributed by atoms with Crippen molar-refractivity contribution in [2.24, 2.45) is 0 Å². The fraction of sp³-hybridized carbons (Fsp3) is 0.350. The number of ether oxygens (including phenoxy) is 3. The highest BCUT2D eigenvalue weighted by Crippen LogP contribution is 2.33. The topological polar surface area (TPSA) is 51.2 Å². The van der Waals surface area contributed by atoms with Crippen LogP contribution < -0.4 is 14.2 Å². The third-order valence-electron chi connectivity index (χ3n) is 4.84. The van der Waals surface area contributed by atoms with Gasteiger partial charge in [-0.05, 0) is 42.0 Å². The number of rotatable bonds is 4. The Morgan fingerprint density at radius 1 is 0.966 bits per heavy atom. The number of benzene rings is 2. The first-order chi connectivity index (χ1) is 13.9. The molecule has 2 aliphatic heterocycles. The van der Waals surface area contributed by atoms with Gasteiger partial charge in [-0.15, -0.1) is 13.2 Å². The van der Waals surface area contributed by atoms with Gasteiger partial charge in [-0.25, -0.2) is 0 Å². The zero-order valence-electron chi connectivity index (χ0n) is 15.4. The normalized spacial score (nSPS) is 16.7. The van der Waals surface area contributed by atoms with Gasteiger partial charge in [-0.1, -0.05) is 6.07 Å². The van der Waals surface area contributed by atoms with E-state index in [1.807, 2.05) is 18.2 Å². The first-order valence-electron chi connectivity index (χ1n) is 9.13. The van der Waals surface area contributed by atoms with Crippen molar-refractivity contribution >= 4 is 5.91 Å². The van der Waals surface area contributed by atoms with Gasteiger partial charge < -0.3 is 19.1 Å². The van der Waals surface area contributed by atoms with E-state index in [0.717, 1.165) is 35.7 Å². The highest BCUT2D eigenvalue weighted by Gasteiger charge is 2.31. The van der Waals surface area contributed by atoms with E-state index in [1.165, 1.54) is 12.1 Å². The second kappa shape index (κ2) is 7.82. The molecule has 0 atom stereocenters. The Kier molecular flexibility index (Phi) is 5.23. The van der Waals surface area contributed by atoms with Crippen LogP contribution in [0, 0.1) is 0 Å². The molecule has 9 heteroatoms. The summed E-state index contributed by atoms with van der Waals surface area (Å²) in [6, 6.07) is 10.8. The van der Waals surface area contributed by atoms with E-state index in [9.17, 15) is 18.0 Å². The average molecular weight is 408 g/mol. The Hall–Kier alpha value is -2.94.